The summed E-state index contributed by atoms with van der Waals surface area (Å²) in [6.07, 6.45) is 3.27. The Morgan fingerprint density at radius 1 is 1.04 bits per heavy atom. The molecule has 0 fully saturated rings. The molecule has 5 nitrogen and oxygen atoms in total. The normalized spacial score (nSPS) is 11.3. The van der Waals surface area contributed by atoms with Crippen molar-refractivity contribution in [2.75, 3.05) is 22.4 Å². The molecule has 1 amide bonds. The number of nitrogens with one attached hydrogen (secondary N) is 1. The summed E-state index contributed by atoms with van der Waals surface area (Å²) in [5, 5.41) is 2.98. The van der Waals surface area contributed by atoms with Crippen LogP contribution >= 0.6 is 0 Å². The molecule has 2 aromatic carbocycles. The first-order valence-corrected chi connectivity index (χ1v) is 11.2. The molecule has 1 N–H and O–H groups in total. The Bertz CT molecular complexity index is 889. The first kappa shape index (κ1) is 21.9. The minimum absolute atomic E-state index is 0.147. The Labute approximate surface area is 166 Å². The predicted octanol–water partition coefficient (Wildman–Crippen LogP) is 4.14. The van der Waals surface area contributed by atoms with Gasteiger partial charge in [0, 0.05) is 18.7 Å². The number of nitrogens with zero attached hydrogens (tertiary/aromatic N) is 1. The lowest BCUT2D eigenvalue weighted by atomic mass is 10.0. The van der Waals surface area contributed by atoms with Crippen LogP contribution in [0.5, 0.6) is 0 Å². The molecule has 2 rings (SSSR count). The number of aryl methyl sites for hydroxylation is 2. The molecule has 0 radical (unpaired) electrons. The standard InChI is InChI=1S/C21H27FN2O3S/c1-4-16-8-6-9-17(5-2)21(16)23-20(25)10-7-15-24(28(3,26)27)19-13-11-18(22)12-14-19/h6,8-9,11-14H,4-5,7,10,15H2,1-3H3,(H,23,25). The average molecular weight is 407 g/mol. The van der Waals surface area contributed by atoms with Crippen LogP contribution in [0.4, 0.5) is 15.8 Å². The van der Waals surface area contributed by atoms with E-state index >= 15 is 0 Å². The van der Waals surface area contributed by atoms with Crippen LogP contribution in [0.3, 0.4) is 0 Å². The van der Waals surface area contributed by atoms with Gasteiger partial charge in [-0.1, -0.05) is 32.0 Å². The quantitative estimate of drug-likeness (QED) is 0.681. The second kappa shape index (κ2) is 9.68. The van der Waals surface area contributed by atoms with Crippen molar-refractivity contribution in [1.29, 1.82) is 0 Å². The second-order valence-corrected chi connectivity index (χ2v) is 8.53. The maximum Gasteiger partial charge on any atom is 0.232 e. The van der Waals surface area contributed by atoms with Gasteiger partial charge in [0.15, 0.2) is 0 Å². The molecule has 0 aliphatic heterocycles. The molecule has 0 aromatic heterocycles. The van der Waals surface area contributed by atoms with Gasteiger partial charge in [0.1, 0.15) is 5.82 Å². The van der Waals surface area contributed by atoms with E-state index in [1.165, 1.54) is 28.6 Å². The molecule has 0 saturated heterocycles. The minimum Gasteiger partial charge on any atom is -0.326 e. The number of para-hydroxylation sites is 1. The second-order valence-electron chi connectivity index (χ2n) is 6.62. The van der Waals surface area contributed by atoms with Crippen LogP contribution in [0.25, 0.3) is 0 Å². The summed E-state index contributed by atoms with van der Waals surface area (Å²) in [5.74, 6) is -0.582. The highest BCUT2D eigenvalue weighted by Crippen LogP contribution is 2.23. The summed E-state index contributed by atoms with van der Waals surface area (Å²) in [6.45, 7) is 4.22. The van der Waals surface area contributed by atoms with Gasteiger partial charge in [0.05, 0.1) is 11.9 Å². The topological polar surface area (TPSA) is 66.5 Å². The van der Waals surface area contributed by atoms with Crippen LogP contribution in [0.2, 0.25) is 0 Å². The third-order valence-corrected chi connectivity index (χ3v) is 5.74. The van der Waals surface area contributed by atoms with Gasteiger partial charge >= 0.3 is 0 Å². The fraction of sp³-hybridized carbons (Fsp3) is 0.381. The van der Waals surface area contributed by atoms with Gasteiger partial charge in [-0.05, 0) is 54.7 Å². The van der Waals surface area contributed by atoms with Gasteiger partial charge in [-0.15, -0.1) is 0 Å². The van der Waals surface area contributed by atoms with Crippen molar-refractivity contribution in [2.45, 2.75) is 39.5 Å². The van der Waals surface area contributed by atoms with E-state index in [-0.39, 0.29) is 18.9 Å². The lowest BCUT2D eigenvalue weighted by molar-refractivity contribution is -0.116. The van der Waals surface area contributed by atoms with Gasteiger partial charge in [-0.2, -0.15) is 0 Å². The Morgan fingerprint density at radius 2 is 1.61 bits per heavy atom. The van der Waals surface area contributed by atoms with Gasteiger partial charge in [-0.3, -0.25) is 9.10 Å². The van der Waals surface area contributed by atoms with Crippen molar-refractivity contribution in [1.82, 2.24) is 0 Å². The minimum atomic E-state index is -3.53. The highest BCUT2D eigenvalue weighted by atomic mass is 32.2. The summed E-state index contributed by atoms with van der Waals surface area (Å²) in [7, 11) is -3.53. The Morgan fingerprint density at radius 3 is 2.11 bits per heavy atom. The number of benzene rings is 2. The van der Waals surface area contributed by atoms with E-state index in [4.69, 9.17) is 0 Å². The molecule has 0 aliphatic rings. The SMILES string of the molecule is CCc1cccc(CC)c1NC(=O)CCCN(c1ccc(F)cc1)S(C)(=O)=O. The molecule has 0 unspecified atom stereocenters. The fourth-order valence-corrected chi connectivity index (χ4v) is 4.05. The van der Waals surface area contributed by atoms with Crippen molar-refractivity contribution in [3.63, 3.8) is 0 Å². The molecule has 0 saturated carbocycles. The molecular formula is C21H27FN2O3S. The number of hydrogen-bond donors (Lipinski definition) is 1. The fourth-order valence-electron chi connectivity index (χ4n) is 3.08. The smallest absolute Gasteiger partial charge is 0.232 e. The molecule has 2 aromatic rings. The van der Waals surface area contributed by atoms with E-state index in [2.05, 4.69) is 5.32 Å². The van der Waals surface area contributed by atoms with E-state index in [0.29, 0.717) is 12.1 Å². The van der Waals surface area contributed by atoms with Crippen LogP contribution in [-0.4, -0.2) is 27.1 Å². The van der Waals surface area contributed by atoms with Crippen LogP contribution < -0.4 is 9.62 Å². The third kappa shape index (κ3) is 5.79. The number of hydrogen-bond acceptors (Lipinski definition) is 3. The Balaban J connectivity index is 2.03. The molecule has 7 heteroatoms. The van der Waals surface area contributed by atoms with Gasteiger partial charge in [0.2, 0.25) is 15.9 Å². The first-order valence-electron chi connectivity index (χ1n) is 9.40. The van der Waals surface area contributed by atoms with Crippen molar-refractivity contribution in [3.8, 4) is 0 Å². The molecule has 0 bridgehead atoms. The van der Waals surface area contributed by atoms with Crippen LogP contribution in [0.15, 0.2) is 42.5 Å². The molecular weight excluding hydrogens is 379 g/mol. The monoisotopic (exact) mass is 406 g/mol. The maximum atomic E-state index is 13.1. The van der Waals surface area contributed by atoms with E-state index in [9.17, 15) is 17.6 Å². The molecule has 152 valence electrons. The summed E-state index contributed by atoms with van der Waals surface area (Å²) in [4.78, 5) is 12.4. The molecule has 0 spiro atoms. The zero-order chi connectivity index (χ0) is 20.7. The number of carbonyl (C=O) groups excluding carboxylic acids is 1. The number of anilines is 2. The zero-order valence-corrected chi connectivity index (χ0v) is 17.4. The van der Waals surface area contributed by atoms with Crippen LogP contribution in [-0.2, 0) is 27.7 Å². The number of carbonyl (C=O) groups is 1. The van der Waals surface area contributed by atoms with E-state index < -0.39 is 15.8 Å². The van der Waals surface area contributed by atoms with E-state index in [1.54, 1.807) is 0 Å². The molecule has 28 heavy (non-hydrogen) atoms. The average Bonchev–Trinajstić information content (AvgIpc) is 2.65. The van der Waals surface area contributed by atoms with Crippen molar-refractivity contribution in [3.05, 3.63) is 59.4 Å². The number of halogens is 1. The molecule has 0 aliphatic carbocycles. The Kier molecular flexibility index (Phi) is 7.57. The highest BCUT2D eigenvalue weighted by molar-refractivity contribution is 7.92. The zero-order valence-electron chi connectivity index (χ0n) is 16.5. The van der Waals surface area contributed by atoms with Crippen LogP contribution in [0.1, 0.15) is 37.8 Å². The molecule has 0 atom stereocenters. The van der Waals surface area contributed by atoms with E-state index in [1.807, 2.05) is 32.0 Å². The van der Waals surface area contributed by atoms with Gasteiger partial charge in [-0.25, -0.2) is 12.8 Å². The number of rotatable bonds is 9. The van der Waals surface area contributed by atoms with Gasteiger partial charge < -0.3 is 5.32 Å². The van der Waals surface area contributed by atoms with Crippen molar-refractivity contribution in [2.24, 2.45) is 0 Å². The first-order chi connectivity index (χ1) is 13.3. The third-order valence-electron chi connectivity index (χ3n) is 4.54. The highest BCUT2D eigenvalue weighted by Gasteiger charge is 2.18. The summed E-state index contributed by atoms with van der Waals surface area (Å²) < 4.78 is 38.5. The Hall–Kier alpha value is -2.41. The predicted molar refractivity (Wildman–Crippen MR) is 112 cm³/mol. The summed E-state index contributed by atoms with van der Waals surface area (Å²) in [5.41, 5.74) is 3.40. The van der Waals surface area contributed by atoms with Crippen LogP contribution in [0, 0.1) is 5.82 Å². The van der Waals surface area contributed by atoms with E-state index in [0.717, 1.165) is 35.9 Å². The van der Waals surface area contributed by atoms with Gasteiger partial charge in [0.25, 0.3) is 0 Å². The number of amides is 1. The van der Waals surface area contributed by atoms with Crippen molar-refractivity contribution < 1.29 is 17.6 Å². The maximum absolute atomic E-state index is 13.1. The largest absolute Gasteiger partial charge is 0.326 e. The number of sulfonamides is 1. The lowest BCUT2D eigenvalue weighted by Gasteiger charge is -2.22. The van der Waals surface area contributed by atoms with Crippen molar-refractivity contribution >= 4 is 27.3 Å². The lowest BCUT2D eigenvalue weighted by Crippen LogP contribution is -2.31. The summed E-state index contributed by atoms with van der Waals surface area (Å²) >= 11 is 0. The molecule has 0 heterocycles. The summed E-state index contributed by atoms with van der Waals surface area (Å²) in [6, 6.07) is 11.2.